The summed E-state index contributed by atoms with van der Waals surface area (Å²) in [5.41, 5.74) is 0.555. The number of hydrogen-bond acceptors (Lipinski definition) is 3. The van der Waals surface area contributed by atoms with E-state index in [-0.39, 0.29) is 5.91 Å². The fourth-order valence-corrected chi connectivity index (χ4v) is 4.17. The maximum atomic E-state index is 13.3. The van der Waals surface area contributed by atoms with Crippen molar-refractivity contribution < 1.29 is 9.53 Å². The number of ether oxygens (including phenoxy) is 1. The van der Waals surface area contributed by atoms with Crippen LogP contribution in [0.2, 0.25) is 0 Å². The molecule has 4 heteroatoms. The number of rotatable bonds is 5. The molecule has 0 spiro atoms. The summed E-state index contributed by atoms with van der Waals surface area (Å²) in [6, 6.07) is 8.07. The van der Waals surface area contributed by atoms with Crippen molar-refractivity contribution in [1.82, 2.24) is 10.2 Å². The molecule has 1 N–H and O–H groups in total. The maximum Gasteiger partial charge on any atom is 0.232 e. The molecule has 1 aromatic rings. The average molecular weight is 359 g/mol. The van der Waals surface area contributed by atoms with Crippen molar-refractivity contribution in [1.29, 1.82) is 0 Å². The van der Waals surface area contributed by atoms with Crippen LogP contribution in [-0.4, -0.2) is 43.6 Å². The first-order valence-electron chi connectivity index (χ1n) is 10.1. The highest BCUT2D eigenvalue weighted by Crippen LogP contribution is 2.31. The van der Waals surface area contributed by atoms with E-state index in [2.05, 4.69) is 24.1 Å². The van der Waals surface area contributed by atoms with Gasteiger partial charge >= 0.3 is 0 Å². The van der Waals surface area contributed by atoms with Gasteiger partial charge in [0, 0.05) is 13.1 Å². The number of fused-ring (bicyclic) bond motifs is 1. The molecule has 0 aliphatic carbocycles. The molecule has 0 aromatic heterocycles. The Kier molecular flexibility index (Phi) is 5.91. The number of benzene rings is 1. The molecule has 2 fully saturated rings. The molecule has 26 heavy (non-hydrogen) atoms. The molecule has 3 rings (SSSR count). The largest absolute Gasteiger partial charge is 0.493 e. The smallest absolute Gasteiger partial charge is 0.232 e. The Morgan fingerprint density at radius 3 is 2.27 bits per heavy atom. The summed E-state index contributed by atoms with van der Waals surface area (Å²) in [5.74, 6) is 3.12. The molecule has 2 aliphatic rings. The van der Waals surface area contributed by atoms with E-state index >= 15 is 0 Å². The molecular formula is C22H34N2O2. The lowest BCUT2D eigenvalue weighted by Crippen LogP contribution is -2.44. The van der Waals surface area contributed by atoms with Gasteiger partial charge in [-0.2, -0.15) is 0 Å². The summed E-state index contributed by atoms with van der Waals surface area (Å²) < 4.78 is 5.77. The van der Waals surface area contributed by atoms with Crippen LogP contribution in [0.5, 0.6) is 5.75 Å². The molecule has 4 nitrogen and oxygen atoms in total. The van der Waals surface area contributed by atoms with E-state index in [1.807, 2.05) is 38.1 Å². The van der Waals surface area contributed by atoms with Crippen molar-refractivity contribution in [3.8, 4) is 5.75 Å². The predicted octanol–water partition coefficient (Wildman–Crippen LogP) is 3.46. The van der Waals surface area contributed by atoms with Gasteiger partial charge in [-0.1, -0.05) is 26.0 Å². The first-order valence-corrected chi connectivity index (χ1v) is 10.1. The second-order valence-corrected chi connectivity index (χ2v) is 8.90. The van der Waals surface area contributed by atoms with E-state index in [1.54, 1.807) is 0 Å². The van der Waals surface area contributed by atoms with Crippen LogP contribution in [0.4, 0.5) is 0 Å². The van der Waals surface area contributed by atoms with Crippen molar-refractivity contribution in [2.24, 2.45) is 17.8 Å². The Morgan fingerprint density at radius 2 is 1.73 bits per heavy atom. The third-order valence-corrected chi connectivity index (χ3v) is 6.00. The summed E-state index contributed by atoms with van der Waals surface area (Å²) in [5, 5.41) is 3.50. The van der Waals surface area contributed by atoms with Gasteiger partial charge in [0.1, 0.15) is 5.75 Å². The standard InChI is InChI=1S/C22H34N2O2/c1-16(2)15-26-20-7-5-19(6-8-20)22(3,4)21(25)24-11-9-17-13-23-14-18(17)10-12-24/h5-8,16-18,23H,9-15H2,1-4H3/t17-,18+. The molecule has 1 aromatic carbocycles. The SMILES string of the molecule is CC(C)COc1ccc(C(C)(C)C(=O)N2CC[C@@H]3CNC[C@@H]3CC2)cc1. The zero-order valence-electron chi connectivity index (χ0n) is 16.8. The average Bonchev–Trinajstić information content (AvgIpc) is 2.98. The Balaban J connectivity index is 1.65. The van der Waals surface area contributed by atoms with Crippen LogP contribution in [0, 0.1) is 17.8 Å². The Hall–Kier alpha value is -1.55. The second-order valence-electron chi connectivity index (χ2n) is 8.90. The third-order valence-electron chi connectivity index (χ3n) is 6.00. The molecule has 0 unspecified atom stereocenters. The number of carbonyl (C=O) groups is 1. The first kappa shape index (κ1) is 19.2. The first-order chi connectivity index (χ1) is 12.4. The number of carbonyl (C=O) groups excluding carboxylic acids is 1. The molecule has 1 amide bonds. The zero-order chi connectivity index (χ0) is 18.7. The quantitative estimate of drug-likeness (QED) is 0.876. The van der Waals surface area contributed by atoms with E-state index in [0.29, 0.717) is 12.5 Å². The minimum atomic E-state index is -0.506. The van der Waals surface area contributed by atoms with Gasteiger partial charge in [-0.25, -0.2) is 0 Å². The fraction of sp³-hybridized carbons (Fsp3) is 0.682. The van der Waals surface area contributed by atoms with Gasteiger partial charge in [-0.3, -0.25) is 4.79 Å². The fourth-order valence-electron chi connectivity index (χ4n) is 4.17. The number of amides is 1. The van der Waals surface area contributed by atoms with Crippen molar-refractivity contribution in [3.63, 3.8) is 0 Å². The molecule has 0 radical (unpaired) electrons. The van der Waals surface area contributed by atoms with Crippen LogP contribution in [0.1, 0.15) is 46.1 Å². The molecule has 144 valence electrons. The minimum absolute atomic E-state index is 0.251. The molecule has 2 heterocycles. The lowest BCUT2D eigenvalue weighted by atomic mass is 9.83. The highest BCUT2D eigenvalue weighted by atomic mass is 16.5. The van der Waals surface area contributed by atoms with Crippen molar-refractivity contribution in [2.45, 2.75) is 46.0 Å². The van der Waals surface area contributed by atoms with Crippen LogP contribution in [0.15, 0.2) is 24.3 Å². The number of nitrogens with one attached hydrogen (secondary N) is 1. The van der Waals surface area contributed by atoms with Gasteiger partial charge < -0.3 is 15.0 Å². The lowest BCUT2D eigenvalue weighted by molar-refractivity contribution is -0.136. The summed E-state index contributed by atoms with van der Waals surface area (Å²) in [6.45, 7) is 13.1. The van der Waals surface area contributed by atoms with Crippen LogP contribution < -0.4 is 10.1 Å². The van der Waals surface area contributed by atoms with E-state index in [4.69, 9.17) is 4.74 Å². The summed E-state index contributed by atoms with van der Waals surface area (Å²) in [6.07, 6.45) is 2.25. The van der Waals surface area contributed by atoms with Gasteiger partial charge in [0.05, 0.1) is 12.0 Å². The van der Waals surface area contributed by atoms with Crippen LogP contribution in [0.25, 0.3) is 0 Å². The number of hydrogen-bond donors (Lipinski definition) is 1. The summed E-state index contributed by atoms with van der Waals surface area (Å²) in [7, 11) is 0. The van der Waals surface area contributed by atoms with Gasteiger partial charge in [0.2, 0.25) is 5.91 Å². The summed E-state index contributed by atoms with van der Waals surface area (Å²) in [4.78, 5) is 15.4. The van der Waals surface area contributed by atoms with Gasteiger partial charge in [0.15, 0.2) is 0 Å². The molecule has 2 aliphatic heterocycles. The molecule has 2 saturated heterocycles. The van der Waals surface area contributed by atoms with Crippen molar-refractivity contribution in [2.75, 3.05) is 32.8 Å². The normalized spacial score (nSPS) is 23.7. The van der Waals surface area contributed by atoms with E-state index < -0.39 is 5.41 Å². The Bertz CT molecular complexity index is 595. The van der Waals surface area contributed by atoms with Gasteiger partial charge in [-0.15, -0.1) is 0 Å². The Labute approximate surface area is 158 Å². The molecule has 2 atom stereocenters. The van der Waals surface area contributed by atoms with E-state index in [1.165, 1.54) is 0 Å². The zero-order valence-corrected chi connectivity index (χ0v) is 16.8. The summed E-state index contributed by atoms with van der Waals surface area (Å²) >= 11 is 0. The molecule has 0 saturated carbocycles. The third kappa shape index (κ3) is 4.22. The van der Waals surface area contributed by atoms with E-state index in [0.717, 1.165) is 62.2 Å². The molecule has 0 bridgehead atoms. The van der Waals surface area contributed by atoms with E-state index in [9.17, 15) is 4.79 Å². The van der Waals surface area contributed by atoms with Crippen LogP contribution in [0.3, 0.4) is 0 Å². The highest BCUT2D eigenvalue weighted by molar-refractivity contribution is 5.87. The van der Waals surface area contributed by atoms with Crippen molar-refractivity contribution >= 4 is 5.91 Å². The topological polar surface area (TPSA) is 41.6 Å². The van der Waals surface area contributed by atoms with Gasteiger partial charge in [0.25, 0.3) is 0 Å². The molecular weight excluding hydrogens is 324 g/mol. The maximum absolute atomic E-state index is 13.3. The second kappa shape index (κ2) is 7.99. The number of nitrogens with zero attached hydrogens (tertiary/aromatic N) is 1. The van der Waals surface area contributed by atoms with Crippen LogP contribution in [-0.2, 0) is 10.2 Å². The Morgan fingerprint density at radius 1 is 1.15 bits per heavy atom. The van der Waals surface area contributed by atoms with Gasteiger partial charge in [-0.05, 0) is 75.2 Å². The monoisotopic (exact) mass is 358 g/mol. The predicted molar refractivity (Wildman–Crippen MR) is 105 cm³/mol. The van der Waals surface area contributed by atoms with Crippen molar-refractivity contribution in [3.05, 3.63) is 29.8 Å². The van der Waals surface area contributed by atoms with Crippen LogP contribution >= 0.6 is 0 Å². The highest BCUT2D eigenvalue weighted by Gasteiger charge is 2.37. The minimum Gasteiger partial charge on any atom is -0.493 e. The lowest BCUT2D eigenvalue weighted by Gasteiger charge is -2.32. The number of likely N-dealkylation sites (tertiary alicyclic amines) is 1.